The zero-order valence-electron chi connectivity index (χ0n) is 16.9. The third-order valence-corrected chi connectivity index (χ3v) is 6.23. The summed E-state index contributed by atoms with van der Waals surface area (Å²) in [5.74, 6) is -0.288. The molecule has 2 aromatic rings. The van der Waals surface area contributed by atoms with E-state index in [9.17, 15) is 21.6 Å². The molecular weight excluding hydrogens is 419 g/mol. The Balaban J connectivity index is 1.87. The summed E-state index contributed by atoms with van der Waals surface area (Å²) in [6, 6.07) is 5.77. The Hall–Kier alpha value is -2.40. The summed E-state index contributed by atoms with van der Waals surface area (Å²) < 4.78 is 63.6. The fourth-order valence-corrected chi connectivity index (χ4v) is 4.21. The standard InChI is InChI=1S/C19H24F3N5O2S/c1-27(2)16-6-4-5-15(16)25-17-14(19(20,21)22)11-23-18(26-17)24-12-7-9-13(10-8-12)30(3,28)29/h7-11,15-16H,4-6H2,1-3H3,(H2,23,24,25,26)/t15-,16-/m1/s1. The molecule has 0 saturated heterocycles. The first-order valence-corrected chi connectivity index (χ1v) is 11.3. The van der Waals surface area contributed by atoms with Gasteiger partial charge in [0.15, 0.2) is 9.84 Å². The predicted molar refractivity (Wildman–Crippen MR) is 109 cm³/mol. The van der Waals surface area contributed by atoms with Crippen LogP contribution in [0.4, 0.5) is 30.6 Å². The Labute approximate surface area is 173 Å². The van der Waals surface area contributed by atoms with Crippen LogP contribution in [0.25, 0.3) is 0 Å². The molecule has 0 bridgehead atoms. The molecule has 1 aliphatic carbocycles. The lowest BCUT2D eigenvalue weighted by Crippen LogP contribution is -2.39. The van der Waals surface area contributed by atoms with Crippen molar-refractivity contribution in [3.8, 4) is 0 Å². The molecule has 3 rings (SSSR count). The molecule has 0 radical (unpaired) electrons. The van der Waals surface area contributed by atoms with Gasteiger partial charge in [0.1, 0.15) is 11.4 Å². The number of anilines is 3. The number of alkyl halides is 3. The molecule has 2 N–H and O–H groups in total. The van der Waals surface area contributed by atoms with E-state index >= 15 is 0 Å². The van der Waals surface area contributed by atoms with Crippen LogP contribution in [0.15, 0.2) is 35.4 Å². The van der Waals surface area contributed by atoms with Crippen LogP contribution in [-0.4, -0.2) is 55.7 Å². The van der Waals surface area contributed by atoms with E-state index in [1.807, 2.05) is 19.0 Å². The summed E-state index contributed by atoms with van der Waals surface area (Å²) in [4.78, 5) is 10.0. The Morgan fingerprint density at radius 3 is 2.37 bits per heavy atom. The summed E-state index contributed by atoms with van der Waals surface area (Å²) in [6.45, 7) is 0. The molecule has 0 aliphatic heterocycles. The van der Waals surface area contributed by atoms with Crippen molar-refractivity contribution in [3.63, 3.8) is 0 Å². The minimum absolute atomic E-state index is 0.0167. The number of likely N-dealkylation sites (N-methyl/N-ethyl adjacent to an activating group) is 1. The Bertz CT molecular complexity index is 994. The SMILES string of the molecule is CN(C)[C@@H]1CCC[C@H]1Nc1nc(Nc2ccc(S(C)(=O)=O)cc2)ncc1C(F)(F)F. The van der Waals surface area contributed by atoms with Gasteiger partial charge in [0.25, 0.3) is 0 Å². The number of rotatable bonds is 6. The van der Waals surface area contributed by atoms with Gasteiger partial charge in [-0.25, -0.2) is 13.4 Å². The first-order valence-electron chi connectivity index (χ1n) is 9.39. The van der Waals surface area contributed by atoms with Crippen molar-refractivity contribution in [1.29, 1.82) is 0 Å². The molecule has 0 unspecified atom stereocenters. The number of hydrogen-bond acceptors (Lipinski definition) is 7. The van der Waals surface area contributed by atoms with Gasteiger partial charge in [0.05, 0.1) is 4.90 Å². The maximum absolute atomic E-state index is 13.5. The van der Waals surface area contributed by atoms with E-state index < -0.39 is 21.6 Å². The highest BCUT2D eigenvalue weighted by Gasteiger charge is 2.37. The quantitative estimate of drug-likeness (QED) is 0.706. The third kappa shape index (κ3) is 5.20. The second-order valence-corrected chi connectivity index (χ2v) is 9.60. The number of hydrogen-bond donors (Lipinski definition) is 2. The summed E-state index contributed by atoms with van der Waals surface area (Å²) in [7, 11) is 0.466. The Morgan fingerprint density at radius 2 is 1.80 bits per heavy atom. The van der Waals surface area contributed by atoms with Gasteiger partial charge in [-0.3, -0.25) is 0 Å². The molecule has 7 nitrogen and oxygen atoms in total. The van der Waals surface area contributed by atoms with Gasteiger partial charge in [-0.05, 0) is 57.6 Å². The topological polar surface area (TPSA) is 87.2 Å². The van der Waals surface area contributed by atoms with Crippen molar-refractivity contribution in [2.45, 2.75) is 42.4 Å². The maximum Gasteiger partial charge on any atom is 0.421 e. The molecule has 1 aliphatic rings. The number of nitrogens with one attached hydrogen (secondary N) is 2. The smallest absolute Gasteiger partial charge is 0.365 e. The summed E-state index contributed by atoms with van der Waals surface area (Å²) in [5, 5.41) is 5.80. The highest BCUT2D eigenvalue weighted by Crippen LogP contribution is 2.36. The second kappa shape index (κ2) is 8.38. The first kappa shape index (κ1) is 22.3. The van der Waals surface area contributed by atoms with Gasteiger partial charge in [-0.2, -0.15) is 18.2 Å². The molecular formula is C19H24F3N5O2S. The zero-order chi connectivity index (χ0) is 22.1. The van der Waals surface area contributed by atoms with E-state index in [0.29, 0.717) is 5.69 Å². The summed E-state index contributed by atoms with van der Waals surface area (Å²) >= 11 is 0. The van der Waals surface area contributed by atoms with E-state index in [-0.39, 0.29) is 28.7 Å². The Kier molecular flexibility index (Phi) is 6.23. The van der Waals surface area contributed by atoms with Crippen LogP contribution >= 0.6 is 0 Å². The fraction of sp³-hybridized carbons (Fsp3) is 0.474. The minimum atomic E-state index is -4.59. The molecule has 0 spiro atoms. The van der Waals surface area contributed by atoms with Crippen LogP contribution in [0.2, 0.25) is 0 Å². The molecule has 1 fully saturated rings. The van der Waals surface area contributed by atoms with Gasteiger partial charge in [-0.1, -0.05) is 0 Å². The van der Waals surface area contributed by atoms with Gasteiger partial charge in [0.2, 0.25) is 5.95 Å². The van der Waals surface area contributed by atoms with E-state index in [2.05, 4.69) is 20.6 Å². The van der Waals surface area contributed by atoms with Crippen LogP contribution in [0.1, 0.15) is 24.8 Å². The molecule has 30 heavy (non-hydrogen) atoms. The van der Waals surface area contributed by atoms with E-state index in [0.717, 1.165) is 31.7 Å². The highest BCUT2D eigenvalue weighted by molar-refractivity contribution is 7.90. The van der Waals surface area contributed by atoms with Crippen LogP contribution in [-0.2, 0) is 16.0 Å². The number of halogens is 3. The molecule has 1 aromatic heterocycles. The van der Waals surface area contributed by atoms with Crippen LogP contribution < -0.4 is 10.6 Å². The molecule has 1 heterocycles. The first-order chi connectivity index (χ1) is 13.9. The monoisotopic (exact) mass is 443 g/mol. The number of sulfone groups is 1. The number of benzene rings is 1. The van der Waals surface area contributed by atoms with Crippen molar-refractivity contribution < 1.29 is 21.6 Å². The number of nitrogens with zero attached hydrogens (tertiary/aromatic N) is 3. The molecule has 11 heteroatoms. The van der Waals surface area contributed by atoms with Crippen molar-refractivity contribution in [2.75, 3.05) is 31.0 Å². The minimum Gasteiger partial charge on any atom is -0.365 e. The van der Waals surface area contributed by atoms with Crippen LogP contribution in [0, 0.1) is 0 Å². The third-order valence-electron chi connectivity index (χ3n) is 5.10. The van der Waals surface area contributed by atoms with Crippen LogP contribution in [0.3, 0.4) is 0 Å². The van der Waals surface area contributed by atoms with Crippen molar-refractivity contribution >= 4 is 27.3 Å². The van der Waals surface area contributed by atoms with E-state index in [1.54, 1.807) is 0 Å². The van der Waals surface area contributed by atoms with Crippen molar-refractivity contribution in [3.05, 3.63) is 36.0 Å². The van der Waals surface area contributed by atoms with E-state index in [4.69, 9.17) is 0 Å². The van der Waals surface area contributed by atoms with Gasteiger partial charge < -0.3 is 15.5 Å². The average Bonchev–Trinajstić information content (AvgIpc) is 3.09. The maximum atomic E-state index is 13.5. The largest absolute Gasteiger partial charge is 0.421 e. The second-order valence-electron chi connectivity index (χ2n) is 7.59. The lowest BCUT2D eigenvalue weighted by Gasteiger charge is -2.28. The molecule has 2 atom stereocenters. The number of aromatic nitrogens is 2. The average molecular weight is 443 g/mol. The lowest BCUT2D eigenvalue weighted by atomic mass is 10.1. The van der Waals surface area contributed by atoms with Gasteiger partial charge >= 0.3 is 6.18 Å². The van der Waals surface area contributed by atoms with Gasteiger partial charge in [-0.15, -0.1) is 0 Å². The van der Waals surface area contributed by atoms with Crippen molar-refractivity contribution in [1.82, 2.24) is 14.9 Å². The van der Waals surface area contributed by atoms with Crippen molar-refractivity contribution in [2.24, 2.45) is 0 Å². The summed E-state index contributed by atoms with van der Waals surface area (Å²) in [6.07, 6.45) is -0.178. The summed E-state index contributed by atoms with van der Waals surface area (Å²) in [5.41, 5.74) is -0.468. The normalized spacial score (nSPS) is 19.8. The van der Waals surface area contributed by atoms with Crippen LogP contribution in [0.5, 0.6) is 0 Å². The molecule has 1 saturated carbocycles. The van der Waals surface area contributed by atoms with Gasteiger partial charge in [0, 0.05) is 30.2 Å². The highest BCUT2D eigenvalue weighted by atomic mass is 32.2. The fourth-order valence-electron chi connectivity index (χ4n) is 3.58. The molecule has 0 amide bonds. The molecule has 1 aromatic carbocycles. The predicted octanol–water partition coefficient (Wildman–Crippen LogP) is 3.54. The van der Waals surface area contributed by atoms with E-state index in [1.165, 1.54) is 24.3 Å². The lowest BCUT2D eigenvalue weighted by molar-refractivity contribution is -0.137. The zero-order valence-corrected chi connectivity index (χ0v) is 17.7. The molecule has 164 valence electrons. The Morgan fingerprint density at radius 1 is 1.13 bits per heavy atom.